The average Bonchev–Trinajstić information content (AvgIpc) is 3.29. The summed E-state index contributed by atoms with van der Waals surface area (Å²) in [5, 5.41) is 0. The smallest absolute Gasteiger partial charge is 0.374 e. The molecular weight excluding hydrogens is 487 g/mol. The standard InChI is InChI=1S/C25H27N2O2.HI/c1-3-26-20-14-10-12-16-22(20)28-24(26)18-8-6-5-7-9-19-25-27(4-2)21-15-11-13-17-23(21)29-25;/h5-18,25H,3-4,19H2,1-2H3;1H/q+1;/p-1. The third kappa shape index (κ3) is 4.61. The molecule has 1 aromatic heterocycles. The number of aromatic nitrogens is 1. The molecule has 0 aliphatic carbocycles. The zero-order valence-electron chi connectivity index (χ0n) is 17.4. The number of fused-ring (bicyclic) bond motifs is 2. The number of hydrogen-bond acceptors (Lipinski definition) is 3. The molecule has 3 aromatic rings. The van der Waals surface area contributed by atoms with E-state index in [-0.39, 0.29) is 30.2 Å². The van der Waals surface area contributed by atoms with Gasteiger partial charge >= 0.3 is 5.89 Å². The lowest BCUT2D eigenvalue weighted by atomic mass is 10.2. The number of oxazole rings is 1. The average molecular weight is 514 g/mol. The molecule has 0 radical (unpaired) electrons. The Balaban J connectivity index is 0.00000256. The number of para-hydroxylation sites is 4. The lowest BCUT2D eigenvalue weighted by Gasteiger charge is -2.22. The van der Waals surface area contributed by atoms with E-state index in [0.717, 1.165) is 42.3 Å². The second-order valence-corrected chi connectivity index (χ2v) is 6.89. The minimum atomic E-state index is 0. The predicted octanol–water partition coefficient (Wildman–Crippen LogP) is 2.50. The molecule has 2 aromatic carbocycles. The zero-order chi connectivity index (χ0) is 20.1. The van der Waals surface area contributed by atoms with Gasteiger partial charge in [0, 0.05) is 19.0 Å². The third-order valence-electron chi connectivity index (χ3n) is 5.12. The molecule has 5 heteroatoms. The number of benzene rings is 2. The van der Waals surface area contributed by atoms with Crippen LogP contribution in [-0.2, 0) is 6.54 Å². The Kier molecular flexibility index (Phi) is 7.74. The van der Waals surface area contributed by atoms with Crippen LogP contribution in [0.4, 0.5) is 5.69 Å². The molecule has 1 atom stereocenters. The molecule has 0 bridgehead atoms. The predicted molar refractivity (Wildman–Crippen MR) is 118 cm³/mol. The maximum absolute atomic E-state index is 6.07. The largest absolute Gasteiger partial charge is 1.00 e. The first-order valence-corrected chi connectivity index (χ1v) is 10.3. The molecule has 0 amide bonds. The summed E-state index contributed by atoms with van der Waals surface area (Å²) in [6, 6.07) is 16.3. The van der Waals surface area contributed by atoms with Crippen LogP contribution in [0.2, 0.25) is 0 Å². The van der Waals surface area contributed by atoms with Gasteiger partial charge < -0.3 is 38.0 Å². The number of rotatable bonds is 7. The molecular formula is C25H27IN2O2. The highest BCUT2D eigenvalue weighted by Gasteiger charge is 2.28. The Morgan fingerprint density at radius 2 is 1.73 bits per heavy atom. The molecule has 0 saturated carbocycles. The van der Waals surface area contributed by atoms with Crippen molar-refractivity contribution < 1.29 is 37.7 Å². The number of nitrogens with zero attached hydrogens (tertiary/aromatic N) is 2. The van der Waals surface area contributed by atoms with Gasteiger partial charge in [-0.1, -0.05) is 54.6 Å². The van der Waals surface area contributed by atoms with Crippen LogP contribution in [0.3, 0.4) is 0 Å². The van der Waals surface area contributed by atoms with Crippen molar-refractivity contribution in [3.63, 3.8) is 0 Å². The molecule has 0 fully saturated rings. The van der Waals surface area contributed by atoms with Gasteiger partial charge in [-0.15, -0.1) is 0 Å². The summed E-state index contributed by atoms with van der Waals surface area (Å²) in [7, 11) is 0. The van der Waals surface area contributed by atoms with Gasteiger partial charge in [0.15, 0.2) is 6.23 Å². The third-order valence-corrected chi connectivity index (χ3v) is 5.12. The first kappa shape index (κ1) is 22.2. The van der Waals surface area contributed by atoms with Gasteiger partial charge in [0.2, 0.25) is 5.58 Å². The minimum Gasteiger partial charge on any atom is -1.00 e. The van der Waals surface area contributed by atoms with E-state index in [1.807, 2.05) is 54.6 Å². The fourth-order valence-corrected chi connectivity index (χ4v) is 3.75. The van der Waals surface area contributed by atoms with Crippen LogP contribution < -0.4 is 38.2 Å². The Hall–Kier alpha value is -2.54. The van der Waals surface area contributed by atoms with Gasteiger partial charge in [0.1, 0.15) is 12.3 Å². The Labute approximate surface area is 195 Å². The van der Waals surface area contributed by atoms with Crippen molar-refractivity contribution in [3.8, 4) is 5.75 Å². The highest BCUT2D eigenvalue weighted by atomic mass is 127. The second-order valence-electron chi connectivity index (χ2n) is 6.89. The first-order valence-electron chi connectivity index (χ1n) is 10.3. The number of aryl methyl sites for hydroxylation is 1. The molecule has 4 rings (SSSR count). The van der Waals surface area contributed by atoms with Gasteiger partial charge in [-0.3, -0.25) is 0 Å². The summed E-state index contributed by atoms with van der Waals surface area (Å²) in [6.45, 7) is 6.09. The normalized spacial score (nSPS) is 15.9. The lowest BCUT2D eigenvalue weighted by molar-refractivity contribution is -0.674. The summed E-state index contributed by atoms with van der Waals surface area (Å²) in [5.41, 5.74) is 3.22. The topological polar surface area (TPSA) is 29.5 Å². The van der Waals surface area contributed by atoms with Crippen LogP contribution in [-0.4, -0.2) is 12.8 Å². The van der Waals surface area contributed by atoms with Crippen LogP contribution in [0.5, 0.6) is 5.75 Å². The molecule has 0 spiro atoms. The Morgan fingerprint density at radius 1 is 0.967 bits per heavy atom. The summed E-state index contributed by atoms with van der Waals surface area (Å²) in [5.74, 6) is 1.83. The Bertz CT molecular complexity index is 1070. The summed E-state index contributed by atoms with van der Waals surface area (Å²) < 4.78 is 14.2. The SMILES string of the molecule is CCN1c2ccccc2OC1CC=CC=CC=Cc1oc2ccccc2[n+]1CC.[I-]. The van der Waals surface area contributed by atoms with Crippen molar-refractivity contribution in [2.24, 2.45) is 0 Å². The van der Waals surface area contributed by atoms with E-state index in [0.29, 0.717) is 0 Å². The fraction of sp³-hybridized carbons (Fsp3) is 0.240. The Morgan fingerprint density at radius 3 is 2.57 bits per heavy atom. The molecule has 1 aliphatic rings. The highest BCUT2D eigenvalue weighted by molar-refractivity contribution is 5.69. The maximum Gasteiger partial charge on any atom is 0.374 e. The summed E-state index contributed by atoms with van der Waals surface area (Å²) in [6.07, 6.45) is 13.2. The summed E-state index contributed by atoms with van der Waals surface area (Å²) in [4.78, 5) is 2.30. The second kappa shape index (κ2) is 10.5. The lowest BCUT2D eigenvalue weighted by Crippen LogP contribution is -3.00. The van der Waals surface area contributed by atoms with Crippen LogP contribution in [0, 0.1) is 0 Å². The summed E-state index contributed by atoms with van der Waals surface area (Å²) >= 11 is 0. The van der Waals surface area contributed by atoms with Crippen LogP contribution in [0.15, 0.2) is 83.3 Å². The number of hydrogen-bond donors (Lipinski definition) is 0. The number of allylic oxidation sites excluding steroid dienone is 4. The van der Waals surface area contributed by atoms with E-state index >= 15 is 0 Å². The van der Waals surface area contributed by atoms with Crippen molar-refractivity contribution in [1.29, 1.82) is 0 Å². The quantitative estimate of drug-likeness (QED) is 0.276. The molecule has 0 N–H and O–H groups in total. The van der Waals surface area contributed by atoms with Gasteiger partial charge in [-0.05, 0) is 32.0 Å². The van der Waals surface area contributed by atoms with Crippen molar-refractivity contribution in [2.75, 3.05) is 11.4 Å². The van der Waals surface area contributed by atoms with E-state index in [1.165, 1.54) is 5.69 Å². The van der Waals surface area contributed by atoms with Crippen molar-refractivity contribution in [1.82, 2.24) is 0 Å². The fourth-order valence-electron chi connectivity index (χ4n) is 3.75. The van der Waals surface area contributed by atoms with Crippen LogP contribution in [0.1, 0.15) is 26.2 Å². The van der Waals surface area contributed by atoms with Gasteiger partial charge in [0.25, 0.3) is 5.52 Å². The van der Waals surface area contributed by atoms with E-state index in [9.17, 15) is 0 Å². The van der Waals surface area contributed by atoms with Gasteiger partial charge in [-0.2, -0.15) is 4.57 Å². The van der Waals surface area contributed by atoms with Crippen molar-refractivity contribution >= 4 is 22.9 Å². The van der Waals surface area contributed by atoms with Gasteiger partial charge in [-0.25, -0.2) is 0 Å². The minimum absolute atomic E-state index is 0. The molecule has 30 heavy (non-hydrogen) atoms. The molecule has 156 valence electrons. The van der Waals surface area contributed by atoms with E-state index in [1.54, 1.807) is 0 Å². The zero-order valence-corrected chi connectivity index (χ0v) is 19.5. The number of anilines is 1. The van der Waals surface area contributed by atoms with E-state index in [4.69, 9.17) is 9.15 Å². The monoisotopic (exact) mass is 514 g/mol. The van der Waals surface area contributed by atoms with Crippen molar-refractivity contribution in [3.05, 3.63) is 84.8 Å². The molecule has 4 nitrogen and oxygen atoms in total. The first-order chi connectivity index (χ1) is 14.3. The van der Waals surface area contributed by atoms with Crippen LogP contribution in [0.25, 0.3) is 17.2 Å². The maximum atomic E-state index is 6.07. The van der Waals surface area contributed by atoms with Crippen molar-refractivity contribution in [2.45, 2.75) is 33.0 Å². The molecule has 1 unspecified atom stereocenters. The van der Waals surface area contributed by atoms with E-state index < -0.39 is 0 Å². The molecule has 2 heterocycles. The van der Waals surface area contributed by atoms with E-state index in [2.05, 4.69) is 53.7 Å². The van der Waals surface area contributed by atoms with Crippen LogP contribution >= 0.6 is 0 Å². The number of halogens is 1. The van der Waals surface area contributed by atoms with Gasteiger partial charge in [0.05, 0.1) is 11.8 Å². The highest BCUT2D eigenvalue weighted by Crippen LogP contribution is 2.37. The molecule has 0 saturated heterocycles. The number of ether oxygens (including phenoxy) is 1. The molecule has 1 aliphatic heterocycles.